The molecule has 0 bridgehead atoms. The van der Waals surface area contributed by atoms with Crippen molar-refractivity contribution in [3.63, 3.8) is 0 Å². The van der Waals surface area contributed by atoms with Crippen LogP contribution in [0.3, 0.4) is 0 Å². The number of carboxylic acid groups (broad SMARTS) is 1. The highest BCUT2D eigenvalue weighted by molar-refractivity contribution is 5.67. The Morgan fingerprint density at radius 3 is 2.55 bits per heavy atom. The Morgan fingerprint density at radius 1 is 1.06 bits per heavy atom. The van der Waals surface area contributed by atoms with E-state index in [0.29, 0.717) is 43.7 Å². The molecule has 3 aromatic carbocycles. The van der Waals surface area contributed by atoms with Crippen molar-refractivity contribution in [2.24, 2.45) is 0 Å². The first-order chi connectivity index (χ1) is 15.9. The smallest absolute Gasteiger partial charge is 0.407 e. The van der Waals surface area contributed by atoms with E-state index >= 15 is 0 Å². The third kappa shape index (κ3) is 5.05. The Balaban J connectivity index is 1.55. The van der Waals surface area contributed by atoms with E-state index < -0.39 is 11.6 Å². The van der Waals surface area contributed by atoms with Crippen LogP contribution >= 0.6 is 0 Å². The molecule has 0 spiro atoms. The van der Waals surface area contributed by atoms with Gasteiger partial charge in [0.25, 0.3) is 0 Å². The SMILES string of the molecule is C[C@]1(Cc2ccccc2)CN(Cc2cccc(-c3cc(C#N)ccc3F)c2)CCN1C(=O)O. The largest absolute Gasteiger partial charge is 0.465 e. The quantitative estimate of drug-likeness (QED) is 0.591. The van der Waals surface area contributed by atoms with Gasteiger partial charge in [-0.1, -0.05) is 48.5 Å². The molecule has 1 aliphatic rings. The van der Waals surface area contributed by atoms with Crippen LogP contribution in [0.15, 0.2) is 72.8 Å². The van der Waals surface area contributed by atoms with E-state index in [9.17, 15) is 14.3 Å². The first-order valence-corrected chi connectivity index (χ1v) is 10.9. The van der Waals surface area contributed by atoms with Gasteiger partial charge < -0.3 is 10.0 Å². The number of amides is 1. The molecule has 0 saturated carbocycles. The van der Waals surface area contributed by atoms with Crippen molar-refractivity contribution in [3.8, 4) is 17.2 Å². The summed E-state index contributed by atoms with van der Waals surface area (Å²) in [5.41, 5.74) is 3.09. The molecule has 1 amide bonds. The van der Waals surface area contributed by atoms with E-state index in [4.69, 9.17) is 5.26 Å². The molecule has 0 radical (unpaired) electrons. The van der Waals surface area contributed by atoms with Gasteiger partial charge in [-0.15, -0.1) is 0 Å². The molecule has 1 fully saturated rings. The molecule has 0 unspecified atom stereocenters. The zero-order valence-electron chi connectivity index (χ0n) is 18.5. The van der Waals surface area contributed by atoms with Crippen LogP contribution in [0.25, 0.3) is 11.1 Å². The van der Waals surface area contributed by atoms with Gasteiger partial charge in [-0.05, 0) is 54.3 Å². The second kappa shape index (κ2) is 9.43. The molecular formula is C27H26FN3O2. The normalized spacial score (nSPS) is 18.6. The van der Waals surface area contributed by atoms with Gasteiger partial charge in [-0.3, -0.25) is 4.90 Å². The summed E-state index contributed by atoms with van der Waals surface area (Å²) >= 11 is 0. The maximum Gasteiger partial charge on any atom is 0.407 e. The third-order valence-electron chi connectivity index (χ3n) is 6.25. The summed E-state index contributed by atoms with van der Waals surface area (Å²) in [5.74, 6) is -0.364. The van der Waals surface area contributed by atoms with Gasteiger partial charge in [-0.25, -0.2) is 9.18 Å². The molecular weight excluding hydrogens is 417 g/mol. The number of halogens is 1. The fourth-order valence-corrected chi connectivity index (χ4v) is 4.72. The maximum atomic E-state index is 14.4. The first-order valence-electron chi connectivity index (χ1n) is 10.9. The van der Waals surface area contributed by atoms with Crippen molar-refractivity contribution >= 4 is 6.09 Å². The van der Waals surface area contributed by atoms with E-state index in [1.807, 2.05) is 61.5 Å². The number of carbonyl (C=O) groups is 1. The summed E-state index contributed by atoms with van der Waals surface area (Å²) < 4.78 is 14.4. The number of piperazine rings is 1. The van der Waals surface area contributed by atoms with Crippen LogP contribution in [0, 0.1) is 17.1 Å². The van der Waals surface area contributed by atoms with Crippen molar-refractivity contribution in [2.45, 2.75) is 25.4 Å². The van der Waals surface area contributed by atoms with Crippen molar-refractivity contribution in [1.29, 1.82) is 5.26 Å². The molecule has 1 saturated heterocycles. The van der Waals surface area contributed by atoms with Crippen LogP contribution < -0.4 is 0 Å². The standard InChI is InChI=1S/C27H26FN3O2/c1-27(16-20-6-3-2-4-7-20)19-30(12-13-31(27)26(32)33)18-22-8-5-9-23(14-22)24-15-21(17-29)10-11-25(24)28/h2-11,14-15H,12-13,16,18-19H2,1H3,(H,32,33)/t27-/m0/s1. The van der Waals surface area contributed by atoms with Crippen LogP contribution in [-0.4, -0.2) is 46.2 Å². The number of nitriles is 1. The number of benzene rings is 3. The summed E-state index contributed by atoms with van der Waals surface area (Å²) in [5, 5.41) is 19.0. The second-order valence-corrected chi connectivity index (χ2v) is 8.81. The zero-order chi connectivity index (χ0) is 23.4. The summed E-state index contributed by atoms with van der Waals surface area (Å²) in [4.78, 5) is 15.8. The molecule has 1 atom stereocenters. The Bertz CT molecular complexity index is 1190. The van der Waals surface area contributed by atoms with Gasteiger partial charge in [0.1, 0.15) is 5.82 Å². The minimum absolute atomic E-state index is 0.364. The van der Waals surface area contributed by atoms with Crippen molar-refractivity contribution in [1.82, 2.24) is 9.80 Å². The minimum Gasteiger partial charge on any atom is -0.465 e. The lowest BCUT2D eigenvalue weighted by molar-refractivity contribution is 0.0131. The summed E-state index contributed by atoms with van der Waals surface area (Å²) in [6, 6.07) is 24.0. The lowest BCUT2D eigenvalue weighted by Gasteiger charge is -2.48. The van der Waals surface area contributed by atoms with Gasteiger partial charge in [0.05, 0.1) is 17.2 Å². The molecule has 0 aliphatic carbocycles. The highest BCUT2D eigenvalue weighted by Crippen LogP contribution is 2.29. The fourth-order valence-electron chi connectivity index (χ4n) is 4.72. The number of hydrogen-bond donors (Lipinski definition) is 1. The molecule has 0 aromatic heterocycles. The Morgan fingerprint density at radius 2 is 1.82 bits per heavy atom. The van der Waals surface area contributed by atoms with Crippen LogP contribution in [0.4, 0.5) is 9.18 Å². The van der Waals surface area contributed by atoms with E-state index in [1.165, 1.54) is 12.1 Å². The van der Waals surface area contributed by atoms with Gasteiger partial charge in [-0.2, -0.15) is 5.26 Å². The molecule has 1 aliphatic heterocycles. The van der Waals surface area contributed by atoms with Gasteiger partial charge in [0, 0.05) is 31.7 Å². The predicted octanol–water partition coefficient (Wildman–Crippen LogP) is 5.16. The lowest BCUT2D eigenvalue weighted by atomic mass is 9.88. The van der Waals surface area contributed by atoms with E-state index in [1.54, 1.807) is 11.0 Å². The molecule has 4 rings (SSSR count). The molecule has 168 valence electrons. The van der Waals surface area contributed by atoms with Crippen LogP contribution in [0.5, 0.6) is 0 Å². The highest BCUT2D eigenvalue weighted by Gasteiger charge is 2.40. The Hall–Kier alpha value is -3.69. The molecule has 33 heavy (non-hydrogen) atoms. The molecule has 1 N–H and O–H groups in total. The zero-order valence-corrected chi connectivity index (χ0v) is 18.5. The van der Waals surface area contributed by atoms with Gasteiger partial charge >= 0.3 is 6.09 Å². The van der Waals surface area contributed by atoms with E-state index in [2.05, 4.69) is 11.0 Å². The fraction of sp³-hybridized carbons (Fsp3) is 0.259. The summed E-state index contributed by atoms with van der Waals surface area (Å²) in [6.45, 7) is 4.28. The third-order valence-corrected chi connectivity index (χ3v) is 6.25. The average molecular weight is 444 g/mol. The monoisotopic (exact) mass is 443 g/mol. The molecule has 5 nitrogen and oxygen atoms in total. The average Bonchev–Trinajstić information content (AvgIpc) is 2.80. The lowest BCUT2D eigenvalue weighted by Crippen LogP contribution is -2.63. The minimum atomic E-state index is -0.900. The highest BCUT2D eigenvalue weighted by atomic mass is 19.1. The topological polar surface area (TPSA) is 67.6 Å². The second-order valence-electron chi connectivity index (χ2n) is 8.81. The Labute approximate surface area is 193 Å². The summed E-state index contributed by atoms with van der Waals surface area (Å²) in [7, 11) is 0. The van der Waals surface area contributed by atoms with Crippen LogP contribution in [0.2, 0.25) is 0 Å². The predicted molar refractivity (Wildman–Crippen MR) is 125 cm³/mol. The Kier molecular flexibility index (Phi) is 6.43. The van der Waals surface area contributed by atoms with Gasteiger partial charge in [0.15, 0.2) is 0 Å². The van der Waals surface area contributed by atoms with Crippen molar-refractivity contribution in [2.75, 3.05) is 19.6 Å². The molecule has 3 aromatic rings. The van der Waals surface area contributed by atoms with E-state index in [0.717, 1.165) is 16.7 Å². The van der Waals surface area contributed by atoms with Crippen LogP contribution in [0.1, 0.15) is 23.6 Å². The number of hydrogen-bond acceptors (Lipinski definition) is 3. The van der Waals surface area contributed by atoms with Crippen LogP contribution in [-0.2, 0) is 13.0 Å². The van der Waals surface area contributed by atoms with Gasteiger partial charge in [0.2, 0.25) is 0 Å². The number of nitrogens with zero attached hydrogens (tertiary/aromatic N) is 3. The van der Waals surface area contributed by atoms with E-state index in [-0.39, 0.29) is 5.82 Å². The maximum absolute atomic E-state index is 14.4. The van der Waals surface area contributed by atoms with Crippen molar-refractivity contribution < 1.29 is 14.3 Å². The summed E-state index contributed by atoms with van der Waals surface area (Å²) in [6.07, 6.45) is -0.272. The molecule has 1 heterocycles. The molecule has 6 heteroatoms. The van der Waals surface area contributed by atoms with Crippen molar-refractivity contribution in [3.05, 3.63) is 95.3 Å². The first kappa shape index (κ1) is 22.5. The number of rotatable bonds is 5.